The van der Waals surface area contributed by atoms with E-state index in [4.69, 9.17) is 5.11 Å². The number of aromatic carboxylic acids is 1. The maximum Gasteiger partial charge on any atom is 0.339 e. The van der Waals surface area contributed by atoms with Gasteiger partial charge in [-0.05, 0) is 31.0 Å². The van der Waals surface area contributed by atoms with Crippen LogP contribution < -0.4 is 0 Å². The minimum atomic E-state index is -1.24. The third-order valence-corrected chi connectivity index (χ3v) is 2.68. The number of carbonyl (C=O) groups is 1. The zero-order chi connectivity index (χ0) is 10.2. The predicted molar refractivity (Wildman–Crippen MR) is 50.5 cm³/mol. The first kappa shape index (κ1) is 10.2. The summed E-state index contributed by atoms with van der Waals surface area (Å²) in [5, 5.41) is 8.73. The summed E-state index contributed by atoms with van der Waals surface area (Å²) in [5.41, 5.74) is 0.484. The van der Waals surface area contributed by atoms with E-state index >= 15 is 0 Å². The quantitative estimate of drug-likeness (QED) is 0.828. The molecule has 0 radical (unpaired) electrons. The number of hydrogen-bond acceptors (Lipinski definition) is 1. The minimum absolute atomic E-state index is 0.258. The van der Waals surface area contributed by atoms with Gasteiger partial charge in [-0.3, -0.25) is 0 Å². The van der Waals surface area contributed by atoms with Gasteiger partial charge in [0, 0.05) is 4.47 Å². The Balaban J connectivity index is 3.56. The molecule has 0 unspecified atom stereocenters. The van der Waals surface area contributed by atoms with Crippen molar-refractivity contribution in [1.29, 1.82) is 0 Å². The summed E-state index contributed by atoms with van der Waals surface area (Å²) >= 11 is 3.17. The van der Waals surface area contributed by atoms with Gasteiger partial charge in [0.15, 0.2) is 0 Å². The topological polar surface area (TPSA) is 37.3 Å². The maximum absolute atomic E-state index is 13.3. The molecule has 1 aromatic carbocycles. The van der Waals surface area contributed by atoms with Gasteiger partial charge >= 0.3 is 5.97 Å². The Morgan fingerprint density at radius 3 is 2.54 bits per heavy atom. The van der Waals surface area contributed by atoms with Crippen LogP contribution in [0.1, 0.15) is 21.5 Å². The van der Waals surface area contributed by atoms with Gasteiger partial charge in [-0.25, -0.2) is 9.18 Å². The van der Waals surface area contributed by atoms with E-state index in [2.05, 4.69) is 15.9 Å². The van der Waals surface area contributed by atoms with Crippen molar-refractivity contribution >= 4 is 21.9 Å². The van der Waals surface area contributed by atoms with Crippen molar-refractivity contribution in [3.05, 3.63) is 33.0 Å². The highest BCUT2D eigenvalue weighted by molar-refractivity contribution is 9.10. The molecule has 0 heterocycles. The molecule has 0 aromatic heterocycles. The summed E-state index contributed by atoms with van der Waals surface area (Å²) in [5.74, 6) is -1.90. The third-order valence-electron chi connectivity index (χ3n) is 1.86. The van der Waals surface area contributed by atoms with E-state index in [0.717, 1.165) is 0 Å². The molecule has 0 atom stereocenters. The average molecular weight is 247 g/mol. The Kier molecular flexibility index (Phi) is 2.71. The molecule has 0 bridgehead atoms. The summed E-state index contributed by atoms with van der Waals surface area (Å²) in [6, 6.07) is 1.57. The van der Waals surface area contributed by atoms with Crippen LogP contribution in [0.15, 0.2) is 10.5 Å². The second-order valence-electron chi connectivity index (χ2n) is 2.79. The Morgan fingerprint density at radius 1 is 1.54 bits per heavy atom. The van der Waals surface area contributed by atoms with Crippen LogP contribution >= 0.6 is 15.9 Å². The van der Waals surface area contributed by atoms with Gasteiger partial charge < -0.3 is 5.11 Å². The number of halogens is 2. The third kappa shape index (κ3) is 1.72. The Bertz CT molecular complexity index is 348. The van der Waals surface area contributed by atoms with E-state index in [0.29, 0.717) is 15.6 Å². The normalized spacial score (nSPS) is 10.2. The second kappa shape index (κ2) is 3.46. The standard InChI is InChI=1S/C9H8BrFO2/c1-4-3-6(10)5(2)7(8(4)11)9(12)13/h3H,1-2H3,(H,12,13). The molecule has 70 valence electrons. The number of carboxylic acid groups (broad SMARTS) is 1. The van der Waals surface area contributed by atoms with Crippen LogP contribution in [0, 0.1) is 19.7 Å². The van der Waals surface area contributed by atoms with Crippen LogP contribution in [-0.4, -0.2) is 11.1 Å². The van der Waals surface area contributed by atoms with Crippen molar-refractivity contribution in [2.75, 3.05) is 0 Å². The first-order valence-corrected chi connectivity index (χ1v) is 4.43. The number of carboxylic acids is 1. The lowest BCUT2D eigenvalue weighted by molar-refractivity contribution is 0.0690. The predicted octanol–water partition coefficient (Wildman–Crippen LogP) is 2.90. The van der Waals surface area contributed by atoms with Gasteiger partial charge in [-0.15, -0.1) is 0 Å². The lowest BCUT2D eigenvalue weighted by Gasteiger charge is -2.07. The zero-order valence-electron chi connectivity index (χ0n) is 7.19. The Labute approximate surface area is 83.5 Å². The molecule has 0 saturated heterocycles. The largest absolute Gasteiger partial charge is 0.478 e. The van der Waals surface area contributed by atoms with Crippen LogP contribution in [0.25, 0.3) is 0 Å². The van der Waals surface area contributed by atoms with Crippen molar-refractivity contribution in [2.24, 2.45) is 0 Å². The van der Waals surface area contributed by atoms with Crippen LogP contribution in [0.4, 0.5) is 4.39 Å². The molecular formula is C9H8BrFO2. The molecule has 1 N–H and O–H groups in total. The first-order chi connectivity index (χ1) is 5.95. The molecule has 0 aliphatic heterocycles. The molecule has 0 saturated carbocycles. The highest BCUT2D eigenvalue weighted by atomic mass is 79.9. The van der Waals surface area contributed by atoms with E-state index in [1.54, 1.807) is 13.0 Å². The van der Waals surface area contributed by atoms with Gasteiger partial charge in [0.25, 0.3) is 0 Å². The fourth-order valence-corrected chi connectivity index (χ4v) is 1.64. The van der Waals surface area contributed by atoms with E-state index < -0.39 is 11.8 Å². The molecule has 0 fully saturated rings. The average Bonchev–Trinajstić information content (AvgIpc) is 2.01. The molecule has 4 heteroatoms. The molecule has 0 amide bonds. The van der Waals surface area contributed by atoms with Crippen molar-refractivity contribution in [1.82, 2.24) is 0 Å². The van der Waals surface area contributed by atoms with Crippen molar-refractivity contribution < 1.29 is 14.3 Å². The molecule has 13 heavy (non-hydrogen) atoms. The summed E-state index contributed by atoms with van der Waals surface area (Å²) in [6.45, 7) is 3.10. The number of benzene rings is 1. The van der Waals surface area contributed by atoms with Gasteiger partial charge in [0.2, 0.25) is 0 Å². The Hall–Kier alpha value is -0.900. The number of rotatable bonds is 1. The van der Waals surface area contributed by atoms with Gasteiger partial charge in [0.1, 0.15) is 5.82 Å². The van der Waals surface area contributed by atoms with Gasteiger partial charge in [-0.2, -0.15) is 0 Å². The van der Waals surface area contributed by atoms with E-state index in [1.807, 2.05) is 0 Å². The van der Waals surface area contributed by atoms with Crippen LogP contribution in [0.3, 0.4) is 0 Å². The minimum Gasteiger partial charge on any atom is -0.478 e. The molecular weight excluding hydrogens is 239 g/mol. The van der Waals surface area contributed by atoms with Crippen molar-refractivity contribution in [3.63, 3.8) is 0 Å². The van der Waals surface area contributed by atoms with Crippen molar-refractivity contribution in [2.45, 2.75) is 13.8 Å². The van der Waals surface area contributed by atoms with E-state index in [1.165, 1.54) is 6.92 Å². The summed E-state index contributed by atoms with van der Waals surface area (Å²) in [4.78, 5) is 10.7. The zero-order valence-corrected chi connectivity index (χ0v) is 8.77. The summed E-state index contributed by atoms with van der Waals surface area (Å²) in [6.07, 6.45) is 0. The molecule has 1 rings (SSSR count). The lowest BCUT2D eigenvalue weighted by atomic mass is 10.0. The molecule has 0 aliphatic carbocycles. The van der Waals surface area contributed by atoms with Gasteiger partial charge in [0.05, 0.1) is 5.56 Å². The number of hydrogen-bond donors (Lipinski definition) is 1. The molecule has 0 aliphatic rings. The number of aryl methyl sites for hydroxylation is 1. The molecule has 1 aromatic rings. The monoisotopic (exact) mass is 246 g/mol. The fourth-order valence-electron chi connectivity index (χ4n) is 1.10. The fraction of sp³-hybridized carbons (Fsp3) is 0.222. The van der Waals surface area contributed by atoms with Crippen molar-refractivity contribution in [3.8, 4) is 0 Å². The van der Waals surface area contributed by atoms with Gasteiger partial charge in [-0.1, -0.05) is 15.9 Å². The molecule has 0 spiro atoms. The lowest BCUT2D eigenvalue weighted by Crippen LogP contribution is -2.06. The SMILES string of the molecule is Cc1cc(Br)c(C)c(C(=O)O)c1F. The molecule has 2 nitrogen and oxygen atoms in total. The van der Waals surface area contributed by atoms with E-state index in [-0.39, 0.29) is 5.56 Å². The smallest absolute Gasteiger partial charge is 0.339 e. The summed E-state index contributed by atoms with van der Waals surface area (Å²) < 4.78 is 13.9. The summed E-state index contributed by atoms with van der Waals surface area (Å²) in [7, 11) is 0. The van der Waals surface area contributed by atoms with Crippen LogP contribution in [0.2, 0.25) is 0 Å². The highest BCUT2D eigenvalue weighted by Gasteiger charge is 2.17. The van der Waals surface area contributed by atoms with E-state index in [9.17, 15) is 9.18 Å². The highest BCUT2D eigenvalue weighted by Crippen LogP contribution is 2.25. The second-order valence-corrected chi connectivity index (χ2v) is 3.65. The van der Waals surface area contributed by atoms with Crippen LogP contribution in [0.5, 0.6) is 0 Å². The van der Waals surface area contributed by atoms with Crippen LogP contribution in [-0.2, 0) is 0 Å². The first-order valence-electron chi connectivity index (χ1n) is 3.63. The maximum atomic E-state index is 13.3. The Morgan fingerprint density at radius 2 is 2.08 bits per heavy atom.